The lowest BCUT2D eigenvalue weighted by molar-refractivity contribution is 0.102. The molecular weight excluding hydrogens is 421 g/mol. The summed E-state index contributed by atoms with van der Waals surface area (Å²) in [4.78, 5) is 22.9. The van der Waals surface area contributed by atoms with Crippen molar-refractivity contribution in [3.8, 4) is 0 Å². The second-order valence-corrected chi connectivity index (χ2v) is 5.90. The van der Waals surface area contributed by atoms with E-state index in [9.17, 15) is 9.59 Å². The number of nitrogens with one attached hydrogen (secondary N) is 1. The van der Waals surface area contributed by atoms with Crippen molar-refractivity contribution in [3.63, 3.8) is 0 Å². The van der Waals surface area contributed by atoms with Crippen LogP contribution in [0.15, 0.2) is 46.9 Å². The van der Waals surface area contributed by atoms with Gasteiger partial charge in [0.05, 0.1) is 5.56 Å². The van der Waals surface area contributed by atoms with Crippen LogP contribution in [-0.2, 0) is 0 Å². The standard InChI is InChI=1S/C14H9BrINO2/c15-10-4-5-13(16)12(7-10)14(19)17-11-3-1-2-9(6-11)8-18/h1-8H,(H,17,19). The Balaban J connectivity index is 2.25. The number of benzene rings is 2. The molecule has 0 radical (unpaired) electrons. The van der Waals surface area contributed by atoms with Crippen LogP contribution in [0, 0.1) is 3.57 Å². The van der Waals surface area contributed by atoms with Crippen molar-refractivity contribution in [1.82, 2.24) is 0 Å². The molecular formula is C14H9BrINO2. The highest BCUT2D eigenvalue weighted by atomic mass is 127. The molecule has 96 valence electrons. The van der Waals surface area contributed by atoms with E-state index in [1.165, 1.54) is 0 Å². The molecule has 0 atom stereocenters. The maximum atomic E-state index is 12.2. The second-order valence-electron chi connectivity index (χ2n) is 3.82. The molecule has 0 fully saturated rings. The third-order valence-corrected chi connectivity index (χ3v) is 3.89. The van der Waals surface area contributed by atoms with Crippen LogP contribution in [0.2, 0.25) is 0 Å². The van der Waals surface area contributed by atoms with Crippen LogP contribution in [0.4, 0.5) is 5.69 Å². The number of carbonyl (C=O) groups is 2. The molecule has 19 heavy (non-hydrogen) atoms. The Hall–Kier alpha value is -1.21. The summed E-state index contributed by atoms with van der Waals surface area (Å²) in [6.07, 6.45) is 0.749. The van der Waals surface area contributed by atoms with Gasteiger partial charge in [-0.2, -0.15) is 0 Å². The average molecular weight is 430 g/mol. The summed E-state index contributed by atoms with van der Waals surface area (Å²) in [5.41, 5.74) is 1.72. The minimum absolute atomic E-state index is 0.200. The first kappa shape index (κ1) is 14.2. The van der Waals surface area contributed by atoms with Crippen molar-refractivity contribution in [2.45, 2.75) is 0 Å². The Morgan fingerprint density at radius 2 is 2.00 bits per heavy atom. The Kier molecular flexibility index (Phi) is 4.71. The van der Waals surface area contributed by atoms with E-state index in [-0.39, 0.29) is 5.91 Å². The fourth-order valence-corrected chi connectivity index (χ4v) is 2.50. The summed E-state index contributed by atoms with van der Waals surface area (Å²) in [7, 11) is 0. The van der Waals surface area contributed by atoms with E-state index in [1.807, 2.05) is 12.1 Å². The quantitative estimate of drug-likeness (QED) is 0.589. The molecule has 0 aromatic heterocycles. The van der Waals surface area contributed by atoms with Gasteiger partial charge < -0.3 is 5.32 Å². The Morgan fingerprint density at radius 3 is 2.74 bits per heavy atom. The monoisotopic (exact) mass is 429 g/mol. The molecule has 3 nitrogen and oxygen atoms in total. The molecule has 2 aromatic rings. The first-order valence-electron chi connectivity index (χ1n) is 5.42. The molecule has 1 amide bonds. The molecule has 0 spiro atoms. The van der Waals surface area contributed by atoms with Crippen LogP contribution in [0.1, 0.15) is 20.7 Å². The predicted molar refractivity (Wildman–Crippen MR) is 86.6 cm³/mol. The number of rotatable bonds is 3. The van der Waals surface area contributed by atoms with Gasteiger partial charge in [-0.1, -0.05) is 28.1 Å². The fourth-order valence-electron chi connectivity index (χ4n) is 1.56. The largest absolute Gasteiger partial charge is 0.322 e. The van der Waals surface area contributed by atoms with E-state index >= 15 is 0 Å². The number of aldehydes is 1. The van der Waals surface area contributed by atoms with Crippen molar-refractivity contribution in [2.75, 3.05) is 5.32 Å². The molecule has 0 bridgehead atoms. The van der Waals surface area contributed by atoms with E-state index in [1.54, 1.807) is 30.3 Å². The lowest BCUT2D eigenvalue weighted by Crippen LogP contribution is -2.13. The number of anilines is 1. The molecule has 1 N–H and O–H groups in total. The third kappa shape index (κ3) is 3.63. The summed E-state index contributed by atoms with van der Waals surface area (Å²) in [5.74, 6) is -0.200. The SMILES string of the molecule is O=Cc1cccc(NC(=O)c2cc(Br)ccc2I)c1. The predicted octanol–water partition coefficient (Wildman–Crippen LogP) is 4.12. The van der Waals surface area contributed by atoms with Gasteiger partial charge in [-0.15, -0.1) is 0 Å². The average Bonchev–Trinajstić information content (AvgIpc) is 2.41. The molecule has 0 unspecified atom stereocenters. The third-order valence-electron chi connectivity index (χ3n) is 2.45. The van der Waals surface area contributed by atoms with Crippen LogP contribution in [0.3, 0.4) is 0 Å². The van der Waals surface area contributed by atoms with Crippen molar-refractivity contribution < 1.29 is 9.59 Å². The zero-order chi connectivity index (χ0) is 13.8. The van der Waals surface area contributed by atoms with Gasteiger partial charge >= 0.3 is 0 Å². The van der Waals surface area contributed by atoms with Gasteiger partial charge in [-0.3, -0.25) is 9.59 Å². The van der Waals surface area contributed by atoms with E-state index < -0.39 is 0 Å². The maximum absolute atomic E-state index is 12.2. The second kappa shape index (κ2) is 6.29. The zero-order valence-corrected chi connectivity index (χ0v) is 13.4. The molecule has 2 aromatic carbocycles. The van der Waals surface area contributed by atoms with Gasteiger partial charge in [-0.25, -0.2) is 0 Å². The molecule has 0 aliphatic rings. The topological polar surface area (TPSA) is 46.2 Å². The normalized spacial score (nSPS) is 10.0. The maximum Gasteiger partial charge on any atom is 0.256 e. The van der Waals surface area contributed by atoms with Gasteiger partial charge in [0.15, 0.2) is 0 Å². The van der Waals surface area contributed by atoms with E-state index in [0.717, 1.165) is 14.3 Å². The zero-order valence-electron chi connectivity index (χ0n) is 9.69. The summed E-state index contributed by atoms with van der Waals surface area (Å²) in [6.45, 7) is 0. The van der Waals surface area contributed by atoms with Gasteiger partial charge in [0.25, 0.3) is 5.91 Å². The summed E-state index contributed by atoms with van der Waals surface area (Å²) in [5, 5.41) is 2.78. The minimum atomic E-state index is -0.200. The molecule has 0 aliphatic heterocycles. The molecule has 2 rings (SSSR count). The number of halogens is 2. The van der Waals surface area contributed by atoms with Crippen LogP contribution in [-0.4, -0.2) is 12.2 Å². The van der Waals surface area contributed by atoms with Crippen LogP contribution < -0.4 is 5.32 Å². The Labute approximate surface area is 132 Å². The van der Waals surface area contributed by atoms with Crippen LogP contribution in [0.5, 0.6) is 0 Å². The molecule has 0 heterocycles. The summed E-state index contributed by atoms with van der Waals surface area (Å²) >= 11 is 5.45. The molecule has 0 saturated heterocycles. The molecule has 5 heteroatoms. The lowest BCUT2D eigenvalue weighted by atomic mass is 10.2. The fraction of sp³-hybridized carbons (Fsp3) is 0. The highest BCUT2D eigenvalue weighted by molar-refractivity contribution is 14.1. The van der Waals surface area contributed by atoms with Crippen molar-refractivity contribution in [2.24, 2.45) is 0 Å². The number of hydrogen-bond donors (Lipinski definition) is 1. The smallest absolute Gasteiger partial charge is 0.256 e. The highest BCUT2D eigenvalue weighted by Crippen LogP contribution is 2.20. The number of hydrogen-bond acceptors (Lipinski definition) is 2. The number of carbonyl (C=O) groups excluding carboxylic acids is 2. The van der Waals surface area contributed by atoms with Crippen LogP contribution >= 0.6 is 38.5 Å². The van der Waals surface area contributed by atoms with Gasteiger partial charge in [-0.05, 0) is 52.9 Å². The summed E-state index contributed by atoms with van der Waals surface area (Å²) in [6, 6.07) is 12.3. The van der Waals surface area contributed by atoms with Crippen molar-refractivity contribution in [3.05, 3.63) is 61.6 Å². The van der Waals surface area contributed by atoms with Gasteiger partial charge in [0.1, 0.15) is 6.29 Å². The minimum Gasteiger partial charge on any atom is -0.322 e. The van der Waals surface area contributed by atoms with E-state index in [4.69, 9.17) is 0 Å². The Morgan fingerprint density at radius 1 is 1.21 bits per heavy atom. The van der Waals surface area contributed by atoms with Crippen LogP contribution in [0.25, 0.3) is 0 Å². The summed E-state index contributed by atoms with van der Waals surface area (Å²) < 4.78 is 1.71. The first-order chi connectivity index (χ1) is 9.10. The van der Waals surface area contributed by atoms with Crippen molar-refractivity contribution >= 4 is 56.4 Å². The molecule has 0 saturated carbocycles. The van der Waals surface area contributed by atoms with Crippen molar-refractivity contribution in [1.29, 1.82) is 0 Å². The van der Waals surface area contributed by atoms with Gasteiger partial charge in [0.2, 0.25) is 0 Å². The van der Waals surface area contributed by atoms with Gasteiger partial charge in [0, 0.05) is 19.3 Å². The van der Waals surface area contributed by atoms with E-state index in [2.05, 4.69) is 43.8 Å². The highest BCUT2D eigenvalue weighted by Gasteiger charge is 2.10. The lowest BCUT2D eigenvalue weighted by Gasteiger charge is -2.07. The van der Waals surface area contributed by atoms with E-state index in [0.29, 0.717) is 16.8 Å². The Bertz CT molecular complexity index is 643. The first-order valence-corrected chi connectivity index (χ1v) is 7.29. The number of amides is 1. The molecule has 0 aliphatic carbocycles.